The van der Waals surface area contributed by atoms with Crippen LogP contribution in [0, 0.1) is 0 Å². The van der Waals surface area contributed by atoms with E-state index in [0.29, 0.717) is 19.3 Å². The second-order valence-electron chi connectivity index (χ2n) is 22.7. The third kappa shape index (κ3) is 62.4. The lowest BCUT2D eigenvalue weighted by molar-refractivity contribution is -0.167. The van der Waals surface area contributed by atoms with E-state index in [-0.39, 0.29) is 31.1 Å². The Morgan fingerprint density at radius 3 is 0.773 bits per heavy atom. The first kappa shape index (κ1) is 72.6. The first-order chi connectivity index (χ1) is 37.0. The highest BCUT2D eigenvalue weighted by molar-refractivity contribution is 5.71. The monoisotopic (exact) mass is 1050 g/mol. The Morgan fingerprint density at radius 2 is 0.480 bits per heavy atom. The number of rotatable bonds is 62. The van der Waals surface area contributed by atoms with Gasteiger partial charge >= 0.3 is 17.9 Å². The van der Waals surface area contributed by atoms with Gasteiger partial charge in [-0.15, -0.1) is 0 Å². The molecule has 6 nitrogen and oxygen atoms in total. The summed E-state index contributed by atoms with van der Waals surface area (Å²) in [6.07, 6.45) is 78.6. The van der Waals surface area contributed by atoms with Crippen LogP contribution >= 0.6 is 0 Å². The lowest BCUT2D eigenvalue weighted by Crippen LogP contribution is -2.30. The van der Waals surface area contributed by atoms with Crippen LogP contribution in [0.25, 0.3) is 0 Å². The minimum Gasteiger partial charge on any atom is -0.462 e. The van der Waals surface area contributed by atoms with Crippen molar-refractivity contribution in [2.24, 2.45) is 0 Å². The topological polar surface area (TPSA) is 78.9 Å². The van der Waals surface area contributed by atoms with E-state index < -0.39 is 6.10 Å². The number of hydrogen-bond donors (Lipinski definition) is 0. The van der Waals surface area contributed by atoms with Gasteiger partial charge in [-0.1, -0.05) is 308 Å². The van der Waals surface area contributed by atoms with Crippen molar-refractivity contribution < 1.29 is 28.6 Å². The summed E-state index contributed by atoms with van der Waals surface area (Å²) in [6, 6.07) is 0. The van der Waals surface area contributed by atoms with E-state index in [9.17, 15) is 14.4 Å². The number of carbonyl (C=O) groups is 3. The summed E-state index contributed by atoms with van der Waals surface area (Å²) >= 11 is 0. The van der Waals surface area contributed by atoms with Gasteiger partial charge in [0.25, 0.3) is 0 Å². The fourth-order valence-electron chi connectivity index (χ4n) is 10.1. The smallest absolute Gasteiger partial charge is 0.306 e. The molecule has 440 valence electrons. The molecule has 75 heavy (non-hydrogen) atoms. The van der Waals surface area contributed by atoms with Crippen molar-refractivity contribution in [3.05, 3.63) is 36.5 Å². The maximum Gasteiger partial charge on any atom is 0.306 e. The average molecular weight is 1050 g/mol. The molecule has 0 amide bonds. The summed E-state index contributed by atoms with van der Waals surface area (Å²) in [5.74, 6) is -0.852. The Bertz CT molecular complexity index is 1250. The molecule has 1 atom stereocenters. The van der Waals surface area contributed by atoms with Crippen molar-refractivity contribution in [1.82, 2.24) is 0 Å². The maximum absolute atomic E-state index is 12.9. The van der Waals surface area contributed by atoms with Crippen molar-refractivity contribution in [1.29, 1.82) is 0 Å². The normalized spacial score (nSPS) is 12.2. The van der Waals surface area contributed by atoms with Crippen molar-refractivity contribution in [2.45, 2.75) is 374 Å². The van der Waals surface area contributed by atoms with Crippen LogP contribution in [0.3, 0.4) is 0 Å². The van der Waals surface area contributed by atoms with E-state index in [1.807, 2.05) is 0 Å². The van der Waals surface area contributed by atoms with Crippen molar-refractivity contribution >= 4 is 17.9 Å². The Balaban J connectivity index is 4.32. The molecule has 0 aliphatic carbocycles. The molecule has 0 N–H and O–H groups in total. The van der Waals surface area contributed by atoms with Crippen LogP contribution in [-0.4, -0.2) is 37.2 Å². The van der Waals surface area contributed by atoms with Gasteiger partial charge in [-0.25, -0.2) is 0 Å². The zero-order valence-electron chi connectivity index (χ0n) is 50.6. The molecular weight excluding hydrogens is 925 g/mol. The summed E-state index contributed by atoms with van der Waals surface area (Å²) in [5.41, 5.74) is 0. The second kappa shape index (κ2) is 64.2. The minimum atomic E-state index is -0.774. The van der Waals surface area contributed by atoms with Gasteiger partial charge in [0.15, 0.2) is 6.10 Å². The third-order valence-corrected chi connectivity index (χ3v) is 15.1. The van der Waals surface area contributed by atoms with Crippen molar-refractivity contribution in [3.63, 3.8) is 0 Å². The summed E-state index contributed by atoms with van der Waals surface area (Å²) in [4.78, 5) is 38.4. The zero-order chi connectivity index (χ0) is 54.3. The second-order valence-corrected chi connectivity index (χ2v) is 22.7. The molecule has 0 aromatic carbocycles. The third-order valence-electron chi connectivity index (χ3n) is 15.1. The van der Waals surface area contributed by atoms with Gasteiger partial charge in [0.2, 0.25) is 0 Å². The van der Waals surface area contributed by atoms with Gasteiger partial charge < -0.3 is 14.2 Å². The minimum absolute atomic E-state index is 0.0705. The van der Waals surface area contributed by atoms with Crippen LogP contribution in [0.2, 0.25) is 0 Å². The lowest BCUT2D eigenvalue weighted by Gasteiger charge is -2.18. The quantitative estimate of drug-likeness (QED) is 0.0261. The molecule has 0 aliphatic heterocycles. The number of esters is 3. The number of allylic oxidation sites excluding steroid dienone is 6. The Hall–Kier alpha value is -2.37. The predicted octanol–water partition coefficient (Wildman–Crippen LogP) is 22.8. The van der Waals surface area contributed by atoms with E-state index in [1.54, 1.807) is 0 Å². The highest BCUT2D eigenvalue weighted by Gasteiger charge is 2.19. The predicted molar refractivity (Wildman–Crippen MR) is 326 cm³/mol. The molecule has 0 radical (unpaired) electrons. The van der Waals surface area contributed by atoms with E-state index in [1.165, 1.54) is 257 Å². The summed E-state index contributed by atoms with van der Waals surface area (Å²) in [6.45, 7) is 6.67. The van der Waals surface area contributed by atoms with Crippen LogP contribution in [-0.2, 0) is 28.6 Å². The molecule has 0 saturated heterocycles. The van der Waals surface area contributed by atoms with Crippen LogP contribution in [0.1, 0.15) is 367 Å². The van der Waals surface area contributed by atoms with Gasteiger partial charge in [0.1, 0.15) is 13.2 Å². The molecule has 0 fully saturated rings. The first-order valence-electron chi connectivity index (χ1n) is 33.5. The largest absolute Gasteiger partial charge is 0.462 e. The fourth-order valence-corrected chi connectivity index (χ4v) is 10.1. The molecule has 0 aliphatic rings. The van der Waals surface area contributed by atoms with Gasteiger partial charge in [-0.3, -0.25) is 14.4 Å². The molecule has 0 rings (SSSR count). The van der Waals surface area contributed by atoms with Gasteiger partial charge in [-0.05, 0) is 77.0 Å². The molecule has 0 spiro atoms. The molecule has 0 saturated carbocycles. The average Bonchev–Trinajstić information content (AvgIpc) is 3.41. The molecule has 0 aromatic heterocycles. The number of hydrogen-bond acceptors (Lipinski definition) is 6. The Morgan fingerprint density at radius 1 is 0.267 bits per heavy atom. The van der Waals surface area contributed by atoms with Crippen molar-refractivity contribution in [2.75, 3.05) is 13.2 Å². The molecule has 0 heterocycles. The SMILES string of the molecule is CCCCC/C=C\C/C=C\CCCCCCCCCC(=O)OC[C@H](COC(=O)CCCCCCCCCCCCC/C=C\CCCCCCCC)OC(=O)CCCCCCCCCCCCCCCCCCCCC. The Labute approximate surface area is 467 Å². The first-order valence-corrected chi connectivity index (χ1v) is 33.5. The Kier molecular flexibility index (Phi) is 62.1. The van der Waals surface area contributed by atoms with Crippen LogP contribution in [0.5, 0.6) is 0 Å². The van der Waals surface area contributed by atoms with Gasteiger partial charge in [0, 0.05) is 19.3 Å². The summed E-state index contributed by atoms with van der Waals surface area (Å²) < 4.78 is 17.0. The number of unbranched alkanes of at least 4 members (excludes halogenated alkanes) is 45. The molecular formula is C69H128O6. The molecule has 0 aromatic rings. The molecule has 0 unspecified atom stereocenters. The highest BCUT2D eigenvalue weighted by atomic mass is 16.6. The summed E-state index contributed by atoms with van der Waals surface area (Å²) in [7, 11) is 0. The zero-order valence-corrected chi connectivity index (χ0v) is 50.6. The highest BCUT2D eigenvalue weighted by Crippen LogP contribution is 2.18. The maximum atomic E-state index is 12.9. The van der Waals surface area contributed by atoms with Gasteiger partial charge in [-0.2, -0.15) is 0 Å². The number of ether oxygens (including phenoxy) is 3. The van der Waals surface area contributed by atoms with Crippen LogP contribution in [0.4, 0.5) is 0 Å². The van der Waals surface area contributed by atoms with E-state index in [0.717, 1.165) is 70.6 Å². The van der Waals surface area contributed by atoms with E-state index >= 15 is 0 Å². The standard InChI is InChI=1S/C69H128O6/c1-4-7-10-13-16-19-22-25-28-31-33-34-36-38-41-44-47-50-53-56-59-62-68(71)74-65-66(64-73-67(70)61-58-55-52-49-46-43-40-37-30-27-24-21-18-15-12-9-6-3)75-69(72)63-60-57-54-51-48-45-42-39-35-32-29-26-23-20-17-14-11-8-5-2/h18,21,25,27-28,30,66H,4-17,19-20,22-24,26,29,31-65H2,1-3H3/b21-18-,28-25-,30-27-/t66-/m1/s1. The van der Waals surface area contributed by atoms with Crippen LogP contribution < -0.4 is 0 Å². The van der Waals surface area contributed by atoms with Gasteiger partial charge in [0.05, 0.1) is 0 Å². The van der Waals surface area contributed by atoms with Crippen LogP contribution in [0.15, 0.2) is 36.5 Å². The lowest BCUT2D eigenvalue weighted by atomic mass is 10.0. The van der Waals surface area contributed by atoms with E-state index in [4.69, 9.17) is 14.2 Å². The fraction of sp³-hybridized carbons (Fsp3) is 0.870. The van der Waals surface area contributed by atoms with Crippen molar-refractivity contribution in [3.8, 4) is 0 Å². The molecule has 6 heteroatoms. The molecule has 0 bridgehead atoms. The summed E-state index contributed by atoms with van der Waals surface area (Å²) in [5, 5.41) is 0. The van der Waals surface area contributed by atoms with E-state index in [2.05, 4.69) is 57.2 Å². The number of carbonyl (C=O) groups excluding carboxylic acids is 3.